The van der Waals surface area contributed by atoms with Gasteiger partial charge in [-0.05, 0) is 21.3 Å². The van der Waals surface area contributed by atoms with Gasteiger partial charge in [0.1, 0.15) is 20.3 Å². The lowest BCUT2D eigenvalue weighted by atomic mass is 9.86. The van der Waals surface area contributed by atoms with E-state index >= 15 is 0 Å². The van der Waals surface area contributed by atoms with Crippen molar-refractivity contribution in [1.29, 1.82) is 0 Å². The highest BCUT2D eigenvalue weighted by atomic mass is 28.4. The van der Waals surface area contributed by atoms with Gasteiger partial charge < -0.3 is 13.9 Å². The van der Waals surface area contributed by atoms with Crippen molar-refractivity contribution in [1.82, 2.24) is 0 Å². The minimum Gasteiger partial charge on any atom is -0.397 e. The maximum atomic E-state index is 7.52. The molecular formula is C32H42O3Si2. The zero-order valence-corrected chi connectivity index (χ0v) is 25.7. The van der Waals surface area contributed by atoms with E-state index in [4.69, 9.17) is 20.3 Å². The van der Waals surface area contributed by atoms with E-state index in [2.05, 4.69) is 127 Å². The highest BCUT2D eigenvalue weighted by Crippen LogP contribution is 2.47. The predicted octanol–water partition coefficient (Wildman–Crippen LogP) is 5.77. The average Bonchev–Trinajstić information content (AvgIpc) is 3.09. The topological polar surface area (TPSA) is 27.7 Å². The van der Waals surface area contributed by atoms with Crippen LogP contribution in [0, 0.1) is 29.2 Å². The van der Waals surface area contributed by atoms with Gasteiger partial charge in [-0.25, -0.2) is 0 Å². The quantitative estimate of drug-likeness (QED) is 0.258. The van der Waals surface area contributed by atoms with Crippen LogP contribution in [0.1, 0.15) is 34.6 Å². The van der Waals surface area contributed by atoms with Crippen molar-refractivity contribution in [3.63, 3.8) is 0 Å². The van der Waals surface area contributed by atoms with E-state index in [1.165, 1.54) is 10.4 Å². The summed E-state index contributed by atoms with van der Waals surface area (Å²) in [5, 5.41) is 2.15. The van der Waals surface area contributed by atoms with Crippen LogP contribution in [0.25, 0.3) is 0 Å². The van der Waals surface area contributed by atoms with Crippen LogP contribution in [0.4, 0.5) is 0 Å². The zero-order chi connectivity index (χ0) is 27.5. The fraction of sp³-hybridized carbons (Fsp3) is 0.438. The van der Waals surface area contributed by atoms with Crippen LogP contribution in [-0.2, 0) is 13.9 Å². The lowest BCUT2D eigenvalue weighted by Gasteiger charge is -2.48. The molecule has 0 aliphatic carbocycles. The molecule has 0 saturated carbocycles. The van der Waals surface area contributed by atoms with E-state index in [1.807, 2.05) is 12.1 Å². The van der Waals surface area contributed by atoms with Gasteiger partial charge in [-0.1, -0.05) is 133 Å². The van der Waals surface area contributed by atoms with Gasteiger partial charge in [0.25, 0.3) is 14.1 Å². The third-order valence-electron chi connectivity index (χ3n) is 6.73. The fourth-order valence-corrected chi connectivity index (χ4v) is 10.3. The van der Waals surface area contributed by atoms with Crippen molar-refractivity contribution >= 4 is 26.8 Å². The molecule has 3 nitrogen and oxygen atoms in total. The number of rotatable bonds is 7. The molecule has 0 aromatic heterocycles. The molecule has 37 heavy (non-hydrogen) atoms. The van der Waals surface area contributed by atoms with Gasteiger partial charge in [0, 0.05) is 5.41 Å². The second-order valence-electron chi connectivity index (χ2n) is 12.5. The SMILES string of the molecule is C#C[C@@]1(O[C@@H](C#C[Si](C)(C)C)C=C)OCC(C)(C)[C@H]1O[Si](c1ccccc1)(c1ccccc1)C(C)(C)C. The van der Waals surface area contributed by atoms with E-state index in [0.717, 1.165) is 0 Å². The summed E-state index contributed by atoms with van der Waals surface area (Å²) in [5.41, 5.74) is 2.98. The molecule has 1 fully saturated rings. The second-order valence-corrected chi connectivity index (χ2v) is 21.5. The molecule has 5 heteroatoms. The normalized spacial score (nSPS) is 22.4. The Labute approximate surface area is 226 Å². The molecule has 0 radical (unpaired) electrons. The molecule has 3 atom stereocenters. The summed E-state index contributed by atoms with van der Waals surface area (Å²) in [6.45, 7) is 22.0. The summed E-state index contributed by atoms with van der Waals surface area (Å²) in [7, 11) is -4.56. The van der Waals surface area contributed by atoms with E-state index in [9.17, 15) is 0 Å². The van der Waals surface area contributed by atoms with Crippen LogP contribution in [0.5, 0.6) is 0 Å². The Morgan fingerprint density at radius 2 is 1.54 bits per heavy atom. The van der Waals surface area contributed by atoms with Crippen LogP contribution in [0.2, 0.25) is 24.7 Å². The summed E-state index contributed by atoms with van der Waals surface area (Å²) in [4.78, 5) is 0. The average molecular weight is 531 g/mol. The van der Waals surface area contributed by atoms with Gasteiger partial charge in [0.05, 0.1) is 6.61 Å². The first-order valence-corrected chi connectivity index (χ1v) is 18.4. The monoisotopic (exact) mass is 530 g/mol. The predicted molar refractivity (Wildman–Crippen MR) is 160 cm³/mol. The third kappa shape index (κ3) is 6.03. The van der Waals surface area contributed by atoms with E-state index in [0.29, 0.717) is 6.61 Å². The van der Waals surface area contributed by atoms with Crippen LogP contribution in [-0.4, -0.2) is 41.0 Å². The van der Waals surface area contributed by atoms with Gasteiger partial charge in [0.2, 0.25) is 0 Å². The zero-order valence-electron chi connectivity index (χ0n) is 23.7. The number of hydrogen-bond acceptors (Lipinski definition) is 3. The molecule has 2 aromatic carbocycles. The number of ether oxygens (including phenoxy) is 2. The van der Waals surface area contributed by atoms with Crippen molar-refractivity contribution < 1.29 is 13.9 Å². The second kappa shape index (κ2) is 10.8. The Bertz CT molecular complexity index is 1130. The molecule has 1 heterocycles. The summed E-state index contributed by atoms with van der Waals surface area (Å²) < 4.78 is 20.4. The Kier molecular flexibility index (Phi) is 8.49. The van der Waals surface area contributed by atoms with Crippen molar-refractivity contribution in [3.8, 4) is 23.8 Å². The first kappa shape index (κ1) is 29.2. The highest BCUT2D eigenvalue weighted by Gasteiger charge is 2.62. The fourth-order valence-electron chi connectivity index (χ4n) is 4.92. The van der Waals surface area contributed by atoms with E-state index < -0.39 is 39.8 Å². The van der Waals surface area contributed by atoms with Gasteiger partial charge in [-0.3, -0.25) is 0 Å². The summed E-state index contributed by atoms with van der Waals surface area (Å²) in [5.74, 6) is 4.72. The summed E-state index contributed by atoms with van der Waals surface area (Å²) >= 11 is 0. The van der Waals surface area contributed by atoms with Crippen molar-refractivity contribution in [2.75, 3.05) is 6.61 Å². The molecule has 0 bridgehead atoms. The Morgan fingerprint density at radius 3 is 1.95 bits per heavy atom. The summed E-state index contributed by atoms with van der Waals surface area (Å²) in [6.07, 6.45) is 6.82. The molecule has 0 unspecified atom stereocenters. The number of terminal acetylenes is 1. The number of hydrogen-bond donors (Lipinski definition) is 0. The largest absolute Gasteiger partial charge is 0.397 e. The highest BCUT2D eigenvalue weighted by molar-refractivity contribution is 6.99. The lowest BCUT2D eigenvalue weighted by molar-refractivity contribution is -0.210. The summed E-state index contributed by atoms with van der Waals surface area (Å²) in [6, 6.07) is 21.1. The molecule has 0 N–H and O–H groups in total. The van der Waals surface area contributed by atoms with Crippen molar-refractivity contribution in [2.45, 2.75) is 77.3 Å². The Balaban J connectivity index is 2.21. The lowest BCUT2D eigenvalue weighted by Crippen LogP contribution is -2.70. The smallest absolute Gasteiger partial charge is 0.261 e. The molecule has 3 rings (SSSR count). The van der Waals surface area contributed by atoms with Gasteiger partial charge in [-0.2, -0.15) is 0 Å². The number of benzene rings is 2. The molecule has 2 aromatic rings. The first-order valence-electron chi connectivity index (χ1n) is 12.9. The maximum absolute atomic E-state index is 7.52. The standard InChI is InChI=1S/C32H42O3Si2/c1-11-26(23-24-36(8,9)10)34-32(12-2)29(31(6,7)25-33-32)35-37(30(3,4)5,27-19-15-13-16-20-27)28-21-17-14-18-22-28/h2,11,13-22,26,29H,1,25H2,3-10H3/t26-,29-,32+/m1/s1. The van der Waals surface area contributed by atoms with Crippen LogP contribution in [0.3, 0.4) is 0 Å². The molecule has 1 aliphatic heterocycles. The molecule has 196 valence electrons. The van der Waals surface area contributed by atoms with Crippen LogP contribution in [0.15, 0.2) is 73.3 Å². The van der Waals surface area contributed by atoms with Crippen molar-refractivity contribution in [2.24, 2.45) is 5.41 Å². The van der Waals surface area contributed by atoms with Gasteiger partial charge >= 0.3 is 0 Å². The van der Waals surface area contributed by atoms with Gasteiger partial charge in [0.15, 0.2) is 0 Å². The van der Waals surface area contributed by atoms with E-state index in [1.54, 1.807) is 6.08 Å². The molecule has 1 aliphatic rings. The Hall–Kier alpha value is -2.39. The minimum atomic E-state index is -2.93. The maximum Gasteiger partial charge on any atom is 0.261 e. The van der Waals surface area contributed by atoms with Gasteiger partial charge in [-0.15, -0.1) is 12.0 Å². The third-order valence-corrected chi connectivity index (χ3v) is 12.6. The molecular weight excluding hydrogens is 489 g/mol. The Morgan fingerprint density at radius 1 is 1.03 bits per heavy atom. The van der Waals surface area contributed by atoms with Crippen LogP contribution < -0.4 is 10.4 Å². The van der Waals surface area contributed by atoms with Crippen LogP contribution >= 0.6 is 0 Å². The van der Waals surface area contributed by atoms with Crippen molar-refractivity contribution in [3.05, 3.63) is 73.3 Å². The molecule has 0 amide bonds. The minimum absolute atomic E-state index is 0.218. The van der Waals surface area contributed by atoms with E-state index in [-0.39, 0.29) is 5.04 Å². The first-order chi connectivity index (χ1) is 17.2. The molecule has 1 saturated heterocycles. The molecule has 0 spiro atoms.